The van der Waals surface area contributed by atoms with Crippen molar-refractivity contribution in [1.29, 1.82) is 0 Å². The molecule has 0 aliphatic heterocycles. The van der Waals surface area contributed by atoms with Crippen LogP contribution in [0.15, 0.2) is 30.3 Å². The van der Waals surface area contributed by atoms with Crippen molar-refractivity contribution >= 4 is 28.2 Å². The van der Waals surface area contributed by atoms with Crippen molar-refractivity contribution in [1.82, 2.24) is 0 Å². The second-order valence-electron chi connectivity index (χ2n) is 6.29. The van der Waals surface area contributed by atoms with E-state index in [1.807, 2.05) is 37.3 Å². The molecule has 1 aliphatic carbocycles. The number of amides is 2. The normalized spacial score (nSPS) is 15.2. The Morgan fingerprint density at radius 2 is 1.79 bits per heavy atom. The van der Waals surface area contributed by atoms with Crippen LogP contribution in [0.3, 0.4) is 0 Å². The highest BCUT2D eigenvalue weighted by Gasteiger charge is 2.26. The van der Waals surface area contributed by atoms with Crippen LogP contribution < -0.4 is 11.1 Å². The number of hydrogen-bond acceptors (Lipinski definition) is 3. The molecule has 3 N–H and O–H groups in total. The van der Waals surface area contributed by atoms with E-state index in [4.69, 9.17) is 5.73 Å². The van der Waals surface area contributed by atoms with Crippen molar-refractivity contribution in [3.8, 4) is 11.1 Å². The van der Waals surface area contributed by atoms with E-state index in [1.165, 1.54) is 17.8 Å². The van der Waals surface area contributed by atoms with Crippen LogP contribution in [0.5, 0.6) is 0 Å². The van der Waals surface area contributed by atoms with Gasteiger partial charge in [0.1, 0.15) is 5.00 Å². The Labute approximate surface area is 146 Å². The first-order valence-corrected chi connectivity index (χ1v) is 9.19. The zero-order valence-electron chi connectivity index (χ0n) is 13.8. The minimum absolute atomic E-state index is 0.0121. The number of rotatable bonds is 4. The van der Waals surface area contributed by atoms with Crippen molar-refractivity contribution in [3.63, 3.8) is 0 Å². The summed E-state index contributed by atoms with van der Waals surface area (Å²) in [5, 5.41) is 3.55. The van der Waals surface area contributed by atoms with Crippen molar-refractivity contribution in [2.45, 2.75) is 39.0 Å². The average Bonchev–Trinajstić information content (AvgIpc) is 2.92. The molecule has 0 spiro atoms. The lowest BCUT2D eigenvalue weighted by molar-refractivity contribution is -0.120. The summed E-state index contributed by atoms with van der Waals surface area (Å²) < 4.78 is 0. The van der Waals surface area contributed by atoms with Gasteiger partial charge in [-0.2, -0.15) is 0 Å². The molecule has 2 amide bonds. The van der Waals surface area contributed by atoms with E-state index >= 15 is 0 Å². The van der Waals surface area contributed by atoms with Crippen LogP contribution in [0.2, 0.25) is 0 Å². The van der Waals surface area contributed by atoms with E-state index in [0.29, 0.717) is 10.6 Å². The Balaban J connectivity index is 1.94. The molecule has 24 heavy (non-hydrogen) atoms. The summed E-state index contributed by atoms with van der Waals surface area (Å²) in [4.78, 5) is 25.6. The van der Waals surface area contributed by atoms with Crippen molar-refractivity contribution in [3.05, 3.63) is 40.8 Å². The number of benzene rings is 1. The standard InChI is InChI=1S/C19H22N2O2S/c1-12-15(13-8-4-2-5-9-13)16(17(20)22)19(24-12)21-18(23)14-10-6-3-7-11-14/h2,4-5,8-9,14H,3,6-7,10-11H2,1H3,(H2,20,22)(H,21,23). The van der Waals surface area contributed by atoms with Gasteiger partial charge in [0.15, 0.2) is 0 Å². The monoisotopic (exact) mass is 342 g/mol. The van der Waals surface area contributed by atoms with Crippen molar-refractivity contribution < 1.29 is 9.59 Å². The van der Waals surface area contributed by atoms with Gasteiger partial charge in [0.2, 0.25) is 5.91 Å². The maximum Gasteiger partial charge on any atom is 0.252 e. The Morgan fingerprint density at radius 3 is 2.42 bits per heavy atom. The number of nitrogens with two attached hydrogens (primary N) is 1. The highest BCUT2D eigenvalue weighted by molar-refractivity contribution is 7.17. The van der Waals surface area contributed by atoms with Gasteiger partial charge in [-0.25, -0.2) is 0 Å². The number of carbonyl (C=O) groups excluding carboxylic acids is 2. The van der Waals surface area contributed by atoms with Crippen LogP contribution >= 0.6 is 11.3 Å². The number of thiophene rings is 1. The Hall–Kier alpha value is -2.14. The van der Waals surface area contributed by atoms with Crippen LogP contribution in [0.4, 0.5) is 5.00 Å². The van der Waals surface area contributed by atoms with Gasteiger partial charge in [0, 0.05) is 16.4 Å². The van der Waals surface area contributed by atoms with Gasteiger partial charge in [-0.1, -0.05) is 49.6 Å². The Bertz CT molecular complexity index is 746. The zero-order valence-corrected chi connectivity index (χ0v) is 14.6. The zero-order chi connectivity index (χ0) is 17.1. The third-order valence-electron chi connectivity index (χ3n) is 4.61. The maximum absolute atomic E-state index is 12.5. The van der Waals surface area contributed by atoms with Gasteiger partial charge in [-0.05, 0) is 25.3 Å². The second kappa shape index (κ2) is 7.18. The van der Waals surface area contributed by atoms with Gasteiger partial charge in [0.25, 0.3) is 5.91 Å². The van der Waals surface area contributed by atoms with Gasteiger partial charge in [-0.15, -0.1) is 11.3 Å². The molecule has 0 unspecified atom stereocenters. The largest absolute Gasteiger partial charge is 0.365 e. The summed E-state index contributed by atoms with van der Waals surface area (Å²) in [7, 11) is 0. The molecule has 126 valence electrons. The van der Waals surface area contributed by atoms with Crippen LogP contribution in [-0.2, 0) is 4.79 Å². The molecule has 3 rings (SSSR count). The minimum atomic E-state index is -0.503. The number of nitrogens with one attached hydrogen (secondary N) is 1. The predicted octanol–water partition coefficient (Wildman–Crippen LogP) is 4.34. The lowest BCUT2D eigenvalue weighted by Crippen LogP contribution is -2.25. The maximum atomic E-state index is 12.5. The molecule has 1 heterocycles. The first-order chi connectivity index (χ1) is 11.6. The van der Waals surface area contributed by atoms with E-state index in [2.05, 4.69) is 5.32 Å². The molecule has 1 aromatic heterocycles. The fourth-order valence-corrected chi connectivity index (χ4v) is 4.48. The molecular weight excluding hydrogens is 320 g/mol. The second-order valence-corrected chi connectivity index (χ2v) is 7.52. The molecule has 1 aromatic carbocycles. The van der Waals surface area contributed by atoms with E-state index in [0.717, 1.165) is 41.7 Å². The number of aryl methyl sites for hydroxylation is 1. The first-order valence-electron chi connectivity index (χ1n) is 8.37. The average molecular weight is 342 g/mol. The highest BCUT2D eigenvalue weighted by atomic mass is 32.1. The molecule has 4 nitrogen and oxygen atoms in total. The lowest BCUT2D eigenvalue weighted by atomic mass is 9.88. The minimum Gasteiger partial charge on any atom is -0.365 e. The number of hydrogen-bond donors (Lipinski definition) is 2. The lowest BCUT2D eigenvalue weighted by Gasteiger charge is -2.20. The summed E-state index contributed by atoms with van der Waals surface area (Å²) >= 11 is 1.42. The molecule has 1 saturated carbocycles. The molecular formula is C19H22N2O2S. The first kappa shape index (κ1) is 16.7. The third kappa shape index (κ3) is 3.36. The SMILES string of the molecule is Cc1sc(NC(=O)C2CCCCC2)c(C(N)=O)c1-c1ccccc1. The van der Waals surface area contributed by atoms with E-state index < -0.39 is 5.91 Å². The molecule has 0 atom stereocenters. The third-order valence-corrected chi connectivity index (χ3v) is 5.63. The fourth-order valence-electron chi connectivity index (χ4n) is 3.40. The summed E-state index contributed by atoms with van der Waals surface area (Å²) in [6.07, 6.45) is 5.24. The highest BCUT2D eigenvalue weighted by Crippen LogP contribution is 2.40. The molecule has 0 saturated heterocycles. The van der Waals surface area contributed by atoms with Crippen molar-refractivity contribution in [2.75, 3.05) is 5.32 Å². The predicted molar refractivity (Wildman–Crippen MR) is 98.2 cm³/mol. The summed E-state index contributed by atoms with van der Waals surface area (Å²) in [6, 6.07) is 9.69. The van der Waals surface area contributed by atoms with Crippen LogP contribution in [0, 0.1) is 12.8 Å². The van der Waals surface area contributed by atoms with E-state index in [9.17, 15) is 9.59 Å². The van der Waals surface area contributed by atoms with Crippen LogP contribution in [0.1, 0.15) is 47.3 Å². The summed E-state index contributed by atoms with van der Waals surface area (Å²) in [5.74, 6) is -0.447. The molecule has 1 fully saturated rings. The molecule has 1 aliphatic rings. The Morgan fingerprint density at radius 1 is 1.12 bits per heavy atom. The van der Waals surface area contributed by atoms with Gasteiger partial charge < -0.3 is 11.1 Å². The fraction of sp³-hybridized carbons (Fsp3) is 0.368. The molecule has 2 aromatic rings. The van der Waals surface area contributed by atoms with E-state index in [1.54, 1.807) is 0 Å². The van der Waals surface area contributed by atoms with Gasteiger partial charge in [0.05, 0.1) is 5.56 Å². The smallest absolute Gasteiger partial charge is 0.252 e. The Kier molecular flexibility index (Phi) is 5.00. The van der Waals surface area contributed by atoms with Gasteiger partial charge >= 0.3 is 0 Å². The number of carbonyl (C=O) groups is 2. The molecule has 0 bridgehead atoms. The quantitative estimate of drug-likeness (QED) is 0.867. The summed E-state index contributed by atoms with van der Waals surface area (Å²) in [6.45, 7) is 1.95. The van der Waals surface area contributed by atoms with Gasteiger partial charge in [-0.3, -0.25) is 9.59 Å². The van der Waals surface area contributed by atoms with E-state index in [-0.39, 0.29) is 11.8 Å². The number of primary amides is 1. The molecule has 0 radical (unpaired) electrons. The van der Waals surface area contributed by atoms with Crippen LogP contribution in [0.25, 0.3) is 11.1 Å². The van der Waals surface area contributed by atoms with Crippen molar-refractivity contribution in [2.24, 2.45) is 11.7 Å². The summed E-state index contributed by atoms with van der Waals surface area (Å²) in [5.41, 5.74) is 7.83. The topological polar surface area (TPSA) is 72.2 Å². The number of anilines is 1. The van der Waals surface area contributed by atoms with Crippen LogP contribution in [-0.4, -0.2) is 11.8 Å². The molecule has 5 heteroatoms.